The van der Waals surface area contributed by atoms with Gasteiger partial charge in [-0.15, -0.1) is 0 Å². The summed E-state index contributed by atoms with van der Waals surface area (Å²) in [7, 11) is 1.49. The van der Waals surface area contributed by atoms with Gasteiger partial charge >= 0.3 is 0 Å². The molecule has 95 valence electrons. The molecule has 1 aliphatic heterocycles. The van der Waals surface area contributed by atoms with Crippen molar-refractivity contribution in [1.29, 1.82) is 0 Å². The highest BCUT2D eigenvalue weighted by Crippen LogP contribution is 2.25. The van der Waals surface area contributed by atoms with E-state index in [1.807, 2.05) is 4.81 Å². The number of carbonyl (C=O) groups is 1. The van der Waals surface area contributed by atoms with Gasteiger partial charge in [0.1, 0.15) is 0 Å². The van der Waals surface area contributed by atoms with Crippen molar-refractivity contribution in [2.75, 3.05) is 6.54 Å². The summed E-state index contributed by atoms with van der Waals surface area (Å²) < 4.78 is 0. The monoisotopic (exact) mass is 245 g/mol. The predicted octanol–water partition coefficient (Wildman–Crippen LogP) is -0.149. The average molecular weight is 245 g/mol. The number of hydrogen-bond acceptors (Lipinski definition) is 4. The van der Waals surface area contributed by atoms with Gasteiger partial charge < -0.3 is 20.4 Å². The minimum absolute atomic E-state index is 0.115. The second-order valence-electron chi connectivity index (χ2n) is 4.80. The minimum Gasteiger partial charge on any atom is -0.390 e. The number of aryl methyl sites for hydroxylation is 1. The molecule has 0 aliphatic carbocycles. The molecule has 0 spiro atoms. The second-order valence-corrected chi connectivity index (χ2v) is 4.80. The lowest BCUT2D eigenvalue weighted by molar-refractivity contribution is 0.0877. The summed E-state index contributed by atoms with van der Waals surface area (Å²) in [6.45, 7) is 2.90. The van der Waals surface area contributed by atoms with Crippen molar-refractivity contribution in [2.24, 2.45) is 5.73 Å². The molecule has 0 bridgehead atoms. The van der Waals surface area contributed by atoms with E-state index >= 15 is 0 Å². The quantitative estimate of drug-likeness (QED) is 0.572. The zero-order valence-electron chi connectivity index (χ0n) is 10.5. The molecule has 18 heavy (non-hydrogen) atoms. The van der Waals surface area contributed by atoms with E-state index in [1.54, 1.807) is 0 Å². The number of nitrogens with two attached hydrogens (primary N) is 1. The topological polar surface area (TPSA) is 66.6 Å². The second kappa shape index (κ2) is 5.65. The number of benzene rings is 1. The van der Waals surface area contributed by atoms with Crippen LogP contribution in [0.5, 0.6) is 0 Å². The molecule has 1 heterocycles. The highest BCUT2D eigenvalue weighted by atomic mass is 16.3. The van der Waals surface area contributed by atoms with Crippen molar-refractivity contribution >= 4 is 13.6 Å². The Morgan fingerprint density at radius 1 is 1.61 bits per heavy atom. The maximum atomic E-state index is 10.7. The van der Waals surface area contributed by atoms with Gasteiger partial charge in [0.2, 0.25) is 0 Å². The van der Waals surface area contributed by atoms with E-state index in [4.69, 9.17) is 5.73 Å². The molecule has 0 saturated heterocycles. The van der Waals surface area contributed by atoms with Crippen LogP contribution >= 0.6 is 0 Å². The maximum Gasteiger partial charge on any atom is 0.293 e. The van der Waals surface area contributed by atoms with E-state index in [0.717, 1.165) is 12.6 Å². The standard InChI is InChI=1S/C13H18BN2O2/c1-9-2-3-10-5-12(13(18)6-15)16(14-8-17)7-11(10)4-9/h2-4,8,12-13,18H,5-7,15H2,1H3/t12-,13+/m1/s1. The number of aliphatic hydroxyl groups is 1. The van der Waals surface area contributed by atoms with Gasteiger partial charge in [0.25, 0.3) is 7.41 Å². The summed E-state index contributed by atoms with van der Waals surface area (Å²) in [5.41, 5.74) is 9.18. The third-order valence-electron chi connectivity index (χ3n) is 3.51. The SMILES string of the molecule is Cc1ccc2c(c1)CN([B]C=O)[C@@H]([C@@H](O)CN)C2. The summed E-state index contributed by atoms with van der Waals surface area (Å²) in [5.74, 6) is 0. The Kier molecular flexibility index (Phi) is 4.17. The molecule has 3 N–H and O–H groups in total. The molecule has 2 rings (SSSR count). The van der Waals surface area contributed by atoms with Crippen LogP contribution in [0.4, 0.5) is 0 Å². The molecule has 1 aliphatic rings. The molecule has 0 saturated carbocycles. The predicted molar refractivity (Wildman–Crippen MR) is 71.8 cm³/mol. The Balaban J connectivity index is 2.27. The summed E-state index contributed by atoms with van der Waals surface area (Å²) >= 11 is 0. The Bertz CT molecular complexity index is 439. The lowest BCUT2D eigenvalue weighted by Gasteiger charge is -2.38. The molecule has 0 amide bonds. The lowest BCUT2D eigenvalue weighted by Crippen LogP contribution is -2.51. The Morgan fingerprint density at radius 3 is 3.06 bits per heavy atom. The van der Waals surface area contributed by atoms with Crippen molar-refractivity contribution in [3.05, 3.63) is 34.9 Å². The summed E-state index contributed by atoms with van der Waals surface area (Å²) in [6, 6.07) is 6.19. The molecule has 0 unspecified atom stereocenters. The fourth-order valence-electron chi connectivity index (χ4n) is 2.51. The highest BCUT2D eigenvalue weighted by molar-refractivity contribution is 6.64. The highest BCUT2D eigenvalue weighted by Gasteiger charge is 2.30. The van der Waals surface area contributed by atoms with Crippen LogP contribution in [0.1, 0.15) is 16.7 Å². The van der Waals surface area contributed by atoms with E-state index in [2.05, 4.69) is 25.1 Å². The van der Waals surface area contributed by atoms with E-state index in [9.17, 15) is 9.90 Å². The molecule has 1 aromatic carbocycles. The number of carbonyl (C=O) groups excluding carboxylic acids is 1. The molecule has 0 fully saturated rings. The largest absolute Gasteiger partial charge is 0.390 e. The zero-order valence-corrected chi connectivity index (χ0v) is 10.5. The van der Waals surface area contributed by atoms with Crippen molar-refractivity contribution in [3.8, 4) is 0 Å². The first-order chi connectivity index (χ1) is 8.65. The van der Waals surface area contributed by atoms with Crippen LogP contribution in [-0.4, -0.2) is 42.2 Å². The first-order valence-electron chi connectivity index (χ1n) is 6.16. The fraction of sp³-hybridized carbons (Fsp3) is 0.462. The molecule has 1 radical (unpaired) electrons. The van der Waals surface area contributed by atoms with Gasteiger partial charge in [-0.1, -0.05) is 23.8 Å². The zero-order chi connectivity index (χ0) is 13.1. The molecular formula is C13H18BN2O2. The van der Waals surface area contributed by atoms with Gasteiger partial charge in [-0.3, -0.25) is 0 Å². The van der Waals surface area contributed by atoms with Gasteiger partial charge in [-0.05, 0) is 24.5 Å². The Labute approximate surface area is 108 Å². The molecular weight excluding hydrogens is 227 g/mol. The van der Waals surface area contributed by atoms with E-state index in [-0.39, 0.29) is 12.6 Å². The number of rotatable bonds is 4. The Morgan fingerprint density at radius 2 is 2.39 bits per heavy atom. The normalized spacial score (nSPS) is 21.2. The lowest BCUT2D eigenvalue weighted by atomic mass is 9.81. The number of nitrogens with zero attached hydrogens (tertiary/aromatic N) is 1. The van der Waals surface area contributed by atoms with Crippen LogP contribution in [0.15, 0.2) is 18.2 Å². The van der Waals surface area contributed by atoms with E-state index in [1.165, 1.54) is 24.1 Å². The van der Waals surface area contributed by atoms with Crippen LogP contribution in [0.2, 0.25) is 0 Å². The van der Waals surface area contributed by atoms with Gasteiger partial charge in [-0.2, -0.15) is 0 Å². The minimum atomic E-state index is -0.615. The third-order valence-corrected chi connectivity index (χ3v) is 3.51. The van der Waals surface area contributed by atoms with Gasteiger partial charge in [0.15, 0.2) is 0 Å². The first-order valence-corrected chi connectivity index (χ1v) is 6.16. The van der Waals surface area contributed by atoms with E-state index in [0.29, 0.717) is 6.54 Å². The van der Waals surface area contributed by atoms with Crippen molar-refractivity contribution in [1.82, 2.24) is 4.81 Å². The van der Waals surface area contributed by atoms with Crippen molar-refractivity contribution < 1.29 is 9.90 Å². The number of hydrogen-bond donors (Lipinski definition) is 2. The van der Waals surface area contributed by atoms with Crippen LogP contribution < -0.4 is 5.73 Å². The van der Waals surface area contributed by atoms with Crippen LogP contribution in [0.25, 0.3) is 0 Å². The summed E-state index contributed by atoms with van der Waals surface area (Å²) in [4.78, 5) is 12.6. The molecule has 2 atom stereocenters. The molecule has 5 heteroatoms. The van der Waals surface area contributed by atoms with Crippen molar-refractivity contribution in [3.63, 3.8) is 0 Å². The third kappa shape index (κ3) is 2.63. The molecule has 1 aromatic rings. The number of fused-ring (bicyclic) bond motifs is 1. The van der Waals surface area contributed by atoms with Crippen molar-refractivity contribution in [2.45, 2.75) is 32.0 Å². The smallest absolute Gasteiger partial charge is 0.293 e. The van der Waals surface area contributed by atoms with Gasteiger partial charge in [0.05, 0.1) is 12.3 Å². The van der Waals surface area contributed by atoms with Gasteiger partial charge in [0, 0.05) is 19.1 Å². The molecule has 0 aromatic heterocycles. The summed E-state index contributed by atoms with van der Waals surface area (Å²) in [5, 5.41) is 9.96. The maximum absolute atomic E-state index is 10.7. The van der Waals surface area contributed by atoms with Crippen LogP contribution in [0, 0.1) is 6.92 Å². The van der Waals surface area contributed by atoms with E-state index < -0.39 is 6.10 Å². The first kappa shape index (κ1) is 13.3. The number of aliphatic hydroxyl groups excluding tert-OH is 1. The Hall–Kier alpha value is -1.17. The van der Waals surface area contributed by atoms with Crippen LogP contribution in [0.3, 0.4) is 0 Å². The fourth-order valence-corrected chi connectivity index (χ4v) is 2.51. The van der Waals surface area contributed by atoms with Gasteiger partial charge in [-0.25, -0.2) is 0 Å². The molecule has 4 nitrogen and oxygen atoms in total. The summed E-state index contributed by atoms with van der Waals surface area (Å²) in [6.07, 6.45) is 0.866. The average Bonchev–Trinajstić information content (AvgIpc) is 2.37. The van der Waals surface area contributed by atoms with Crippen LogP contribution in [-0.2, 0) is 17.8 Å².